The molecule has 1 aromatic heterocycles. The van der Waals surface area contributed by atoms with Crippen molar-refractivity contribution in [1.82, 2.24) is 4.98 Å². The molecule has 1 heterocycles. The molecule has 2 aromatic rings. The number of carbonyl (C=O) groups excluding carboxylic acids is 1. The van der Waals surface area contributed by atoms with Gasteiger partial charge in [-0.3, -0.25) is 9.78 Å². The van der Waals surface area contributed by atoms with E-state index in [1.54, 1.807) is 30.6 Å². The van der Waals surface area contributed by atoms with Crippen molar-refractivity contribution >= 4 is 17.4 Å². The minimum atomic E-state index is -0.0273. The van der Waals surface area contributed by atoms with Gasteiger partial charge in [-0.2, -0.15) is 0 Å². The van der Waals surface area contributed by atoms with Crippen molar-refractivity contribution < 1.29 is 9.53 Å². The molecule has 4 heteroatoms. The van der Waals surface area contributed by atoms with Gasteiger partial charge in [0, 0.05) is 23.8 Å². The third kappa shape index (κ3) is 2.87. The highest BCUT2D eigenvalue weighted by Crippen LogP contribution is 2.24. The topological polar surface area (TPSA) is 39.2 Å². The molecule has 92 valence electrons. The highest BCUT2D eigenvalue weighted by Gasteiger charge is 2.13. The Kier molecular flexibility index (Phi) is 3.95. The van der Waals surface area contributed by atoms with Gasteiger partial charge in [-0.25, -0.2) is 0 Å². The molecule has 0 unspecified atom stereocenters. The Bertz CT molecular complexity index is 555. The maximum Gasteiger partial charge on any atom is 0.171 e. The first-order chi connectivity index (χ1) is 8.70. The van der Waals surface area contributed by atoms with Crippen LogP contribution in [0.15, 0.2) is 42.7 Å². The van der Waals surface area contributed by atoms with Crippen LogP contribution < -0.4 is 4.74 Å². The number of pyridine rings is 1. The summed E-state index contributed by atoms with van der Waals surface area (Å²) in [5.74, 6) is 0.513. The van der Waals surface area contributed by atoms with E-state index in [2.05, 4.69) is 4.98 Å². The number of rotatable bonds is 4. The molecule has 0 bridgehead atoms. The van der Waals surface area contributed by atoms with Crippen LogP contribution in [0.5, 0.6) is 5.75 Å². The second kappa shape index (κ2) is 5.65. The average molecular weight is 262 g/mol. The number of Topliss-reactive ketones (excluding diaryl/α,β-unsaturated/α-hetero) is 1. The monoisotopic (exact) mass is 261 g/mol. The molecule has 0 saturated heterocycles. The normalized spacial score (nSPS) is 10.1. The van der Waals surface area contributed by atoms with Gasteiger partial charge in [0.25, 0.3) is 0 Å². The Morgan fingerprint density at radius 2 is 2.00 bits per heavy atom. The summed E-state index contributed by atoms with van der Waals surface area (Å²) in [5.41, 5.74) is 1.42. The van der Waals surface area contributed by atoms with E-state index in [1.165, 1.54) is 7.11 Å². The first-order valence-corrected chi connectivity index (χ1v) is 5.84. The lowest BCUT2D eigenvalue weighted by Crippen LogP contribution is -2.05. The molecule has 0 fully saturated rings. The number of hydrogen-bond donors (Lipinski definition) is 0. The van der Waals surface area contributed by atoms with Gasteiger partial charge >= 0.3 is 0 Å². The number of halogens is 1. The second-order valence-electron chi connectivity index (χ2n) is 3.80. The van der Waals surface area contributed by atoms with Crippen LogP contribution in [-0.2, 0) is 6.42 Å². The fraction of sp³-hybridized carbons (Fsp3) is 0.143. The van der Waals surface area contributed by atoms with Gasteiger partial charge < -0.3 is 4.74 Å². The predicted molar refractivity (Wildman–Crippen MR) is 70.3 cm³/mol. The molecule has 0 N–H and O–H groups in total. The number of hydrogen-bond acceptors (Lipinski definition) is 3. The van der Waals surface area contributed by atoms with E-state index in [1.807, 2.05) is 12.1 Å². The minimum Gasteiger partial charge on any atom is -0.496 e. The van der Waals surface area contributed by atoms with Gasteiger partial charge in [0.1, 0.15) is 5.75 Å². The van der Waals surface area contributed by atoms with Gasteiger partial charge in [0.05, 0.1) is 12.7 Å². The van der Waals surface area contributed by atoms with Crippen molar-refractivity contribution in [2.75, 3.05) is 7.11 Å². The van der Waals surface area contributed by atoms with E-state index in [0.717, 1.165) is 5.56 Å². The van der Waals surface area contributed by atoms with Crippen LogP contribution in [0.4, 0.5) is 0 Å². The molecule has 2 rings (SSSR count). The number of ketones is 1. The molecular weight excluding hydrogens is 250 g/mol. The van der Waals surface area contributed by atoms with Gasteiger partial charge in [-0.1, -0.05) is 11.6 Å². The number of benzene rings is 1. The predicted octanol–water partition coefficient (Wildman–Crippen LogP) is 3.17. The maximum absolute atomic E-state index is 12.2. The summed E-state index contributed by atoms with van der Waals surface area (Å²) in [6, 6.07) is 8.65. The van der Waals surface area contributed by atoms with Crippen molar-refractivity contribution in [2.24, 2.45) is 0 Å². The Balaban J connectivity index is 2.26. The van der Waals surface area contributed by atoms with Crippen molar-refractivity contribution in [1.29, 1.82) is 0 Å². The molecule has 0 saturated carbocycles. The lowest BCUT2D eigenvalue weighted by atomic mass is 10.0. The van der Waals surface area contributed by atoms with Crippen LogP contribution in [0.2, 0.25) is 5.02 Å². The molecule has 0 radical (unpaired) electrons. The fourth-order valence-electron chi connectivity index (χ4n) is 1.68. The lowest BCUT2D eigenvalue weighted by molar-refractivity contribution is 0.0990. The Labute approximate surface area is 110 Å². The zero-order chi connectivity index (χ0) is 13.0. The third-order valence-corrected chi connectivity index (χ3v) is 2.81. The largest absolute Gasteiger partial charge is 0.496 e. The molecule has 0 amide bonds. The quantitative estimate of drug-likeness (QED) is 0.794. The van der Waals surface area contributed by atoms with Crippen molar-refractivity contribution in [2.45, 2.75) is 6.42 Å². The van der Waals surface area contributed by atoms with Crippen LogP contribution in [0.1, 0.15) is 15.9 Å². The zero-order valence-electron chi connectivity index (χ0n) is 9.89. The van der Waals surface area contributed by atoms with Crippen LogP contribution in [-0.4, -0.2) is 17.9 Å². The average Bonchev–Trinajstić information content (AvgIpc) is 2.40. The van der Waals surface area contributed by atoms with Crippen LogP contribution in [0.25, 0.3) is 0 Å². The molecule has 0 aliphatic heterocycles. The third-order valence-electron chi connectivity index (χ3n) is 2.58. The molecule has 3 nitrogen and oxygen atoms in total. The first-order valence-electron chi connectivity index (χ1n) is 5.46. The molecule has 18 heavy (non-hydrogen) atoms. The van der Waals surface area contributed by atoms with E-state index in [0.29, 0.717) is 22.8 Å². The van der Waals surface area contributed by atoms with E-state index in [9.17, 15) is 4.79 Å². The van der Waals surface area contributed by atoms with E-state index >= 15 is 0 Å². The van der Waals surface area contributed by atoms with Gasteiger partial charge in [0.15, 0.2) is 5.78 Å². The summed E-state index contributed by atoms with van der Waals surface area (Å²) in [4.78, 5) is 16.1. The SMILES string of the molecule is COc1ccc(Cl)cc1C(=O)Cc1ccncc1. The summed E-state index contributed by atoms with van der Waals surface area (Å²) in [6.45, 7) is 0. The summed E-state index contributed by atoms with van der Waals surface area (Å²) in [7, 11) is 1.53. The van der Waals surface area contributed by atoms with Gasteiger partial charge in [0.2, 0.25) is 0 Å². The lowest BCUT2D eigenvalue weighted by Gasteiger charge is -2.08. The molecular formula is C14H12ClNO2. The summed E-state index contributed by atoms with van der Waals surface area (Å²) in [5, 5.41) is 0.522. The van der Waals surface area contributed by atoms with Crippen molar-refractivity contribution in [3.63, 3.8) is 0 Å². The van der Waals surface area contributed by atoms with Gasteiger partial charge in [-0.05, 0) is 35.9 Å². The smallest absolute Gasteiger partial charge is 0.171 e. The number of carbonyl (C=O) groups is 1. The molecule has 0 aliphatic carbocycles. The van der Waals surface area contributed by atoms with E-state index in [4.69, 9.17) is 16.3 Å². The Morgan fingerprint density at radius 1 is 1.28 bits per heavy atom. The molecule has 0 aliphatic rings. The molecule has 1 aromatic carbocycles. The van der Waals surface area contributed by atoms with E-state index in [-0.39, 0.29) is 5.78 Å². The first kappa shape index (κ1) is 12.6. The van der Waals surface area contributed by atoms with Crippen LogP contribution in [0, 0.1) is 0 Å². The zero-order valence-corrected chi connectivity index (χ0v) is 10.6. The summed E-state index contributed by atoms with van der Waals surface area (Å²) < 4.78 is 5.17. The number of methoxy groups -OCH3 is 1. The fourth-order valence-corrected chi connectivity index (χ4v) is 1.85. The second-order valence-corrected chi connectivity index (χ2v) is 4.24. The van der Waals surface area contributed by atoms with Crippen LogP contribution >= 0.6 is 11.6 Å². The number of aromatic nitrogens is 1. The van der Waals surface area contributed by atoms with Crippen molar-refractivity contribution in [3.8, 4) is 5.75 Å². The maximum atomic E-state index is 12.2. The van der Waals surface area contributed by atoms with E-state index < -0.39 is 0 Å². The molecule has 0 atom stereocenters. The number of ether oxygens (including phenoxy) is 1. The highest BCUT2D eigenvalue weighted by atomic mass is 35.5. The Hall–Kier alpha value is -1.87. The number of nitrogens with zero attached hydrogens (tertiary/aromatic N) is 1. The highest BCUT2D eigenvalue weighted by molar-refractivity contribution is 6.31. The van der Waals surface area contributed by atoms with Crippen LogP contribution in [0.3, 0.4) is 0 Å². The Morgan fingerprint density at radius 3 is 2.67 bits per heavy atom. The van der Waals surface area contributed by atoms with Crippen molar-refractivity contribution in [3.05, 3.63) is 58.9 Å². The molecule has 0 spiro atoms. The summed E-state index contributed by atoms with van der Waals surface area (Å²) in [6.07, 6.45) is 3.63. The van der Waals surface area contributed by atoms with Gasteiger partial charge in [-0.15, -0.1) is 0 Å². The minimum absolute atomic E-state index is 0.0273. The standard InChI is InChI=1S/C14H12ClNO2/c1-18-14-3-2-11(15)9-12(14)13(17)8-10-4-6-16-7-5-10/h2-7,9H,8H2,1H3. The summed E-state index contributed by atoms with van der Waals surface area (Å²) >= 11 is 5.90.